The Labute approximate surface area is 76.6 Å². The first kappa shape index (κ1) is 11.4. The van der Waals surface area contributed by atoms with Crippen molar-refractivity contribution < 1.29 is 0 Å². The second-order valence-corrected chi connectivity index (χ2v) is 4.28. The topological polar surface area (TPSA) is 12.4 Å². The molecule has 1 nitrogen and oxygen atoms in total. The first-order valence-corrected chi connectivity index (χ1v) is 4.58. The molecule has 0 aromatic carbocycles. The van der Waals surface area contributed by atoms with Gasteiger partial charge in [0.25, 0.3) is 0 Å². The fraction of sp³-hybridized carbons (Fsp3) is 0.727. The van der Waals surface area contributed by atoms with Gasteiger partial charge in [0, 0.05) is 11.9 Å². The van der Waals surface area contributed by atoms with E-state index in [0.29, 0.717) is 0 Å². The molecule has 0 heterocycles. The molecule has 0 fully saturated rings. The van der Waals surface area contributed by atoms with E-state index in [0.717, 1.165) is 6.42 Å². The smallest absolute Gasteiger partial charge is 0.0261 e. The molecule has 0 saturated carbocycles. The summed E-state index contributed by atoms with van der Waals surface area (Å²) in [6, 6.07) is 0. The lowest BCUT2D eigenvalue weighted by molar-refractivity contribution is 0.502. The summed E-state index contributed by atoms with van der Waals surface area (Å²) in [7, 11) is 0. The van der Waals surface area contributed by atoms with E-state index in [2.05, 4.69) is 46.5 Å². The normalized spacial score (nSPS) is 15.2. The number of hydrogen-bond donors (Lipinski definition) is 0. The highest BCUT2D eigenvalue weighted by Crippen LogP contribution is 2.24. The Hall–Kier alpha value is -0.590. The van der Waals surface area contributed by atoms with Gasteiger partial charge in [-0.1, -0.05) is 27.7 Å². The first-order valence-electron chi connectivity index (χ1n) is 4.58. The van der Waals surface area contributed by atoms with Gasteiger partial charge < -0.3 is 0 Å². The number of rotatable bonds is 2. The minimum Gasteiger partial charge on any atom is -0.266 e. The molecule has 0 atom stereocenters. The highest BCUT2D eigenvalue weighted by Gasteiger charge is 2.11. The lowest BCUT2D eigenvalue weighted by Crippen LogP contribution is -2.06. The van der Waals surface area contributed by atoms with Crippen molar-refractivity contribution in [2.24, 2.45) is 10.4 Å². The monoisotopic (exact) mass is 167 g/mol. The van der Waals surface area contributed by atoms with Gasteiger partial charge in [-0.15, -0.1) is 0 Å². The van der Waals surface area contributed by atoms with E-state index < -0.39 is 0 Å². The van der Waals surface area contributed by atoms with Gasteiger partial charge >= 0.3 is 0 Å². The van der Waals surface area contributed by atoms with Gasteiger partial charge in [-0.3, -0.25) is 4.99 Å². The van der Waals surface area contributed by atoms with Crippen LogP contribution in [0.5, 0.6) is 0 Å². The predicted octanol–water partition coefficient (Wildman–Crippen LogP) is 3.81. The second-order valence-electron chi connectivity index (χ2n) is 4.28. The zero-order chi connectivity index (χ0) is 9.78. The molecule has 0 aliphatic rings. The van der Waals surface area contributed by atoms with E-state index >= 15 is 0 Å². The molecule has 0 unspecified atom stereocenters. The third-order valence-electron chi connectivity index (χ3n) is 2.17. The van der Waals surface area contributed by atoms with E-state index in [1.165, 1.54) is 11.3 Å². The summed E-state index contributed by atoms with van der Waals surface area (Å²) in [6.07, 6.45) is 3.02. The summed E-state index contributed by atoms with van der Waals surface area (Å²) in [5, 5.41) is 0. The van der Waals surface area contributed by atoms with Gasteiger partial charge in [-0.05, 0) is 31.3 Å². The molecule has 0 amide bonds. The average molecular weight is 167 g/mol. The first-order chi connectivity index (χ1) is 5.38. The molecule has 70 valence electrons. The lowest BCUT2D eigenvalue weighted by atomic mass is 9.88. The fourth-order valence-corrected chi connectivity index (χ4v) is 0.492. The highest BCUT2D eigenvalue weighted by atomic mass is 14.7. The van der Waals surface area contributed by atoms with Crippen LogP contribution in [0.2, 0.25) is 0 Å². The molecule has 0 aromatic rings. The van der Waals surface area contributed by atoms with E-state index in [1.54, 1.807) is 0 Å². The largest absolute Gasteiger partial charge is 0.266 e. The van der Waals surface area contributed by atoms with Gasteiger partial charge in [-0.2, -0.15) is 0 Å². The maximum atomic E-state index is 4.36. The van der Waals surface area contributed by atoms with Gasteiger partial charge in [0.1, 0.15) is 0 Å². The van der Waals surface area contributed by atoms with Crippen LogP contribution in [0.3, 0.4) is 0 Å². The van der Waals surface area contributed by atoms with Crippen LogP contribution >= 0.6 is 0 Å². The van der Waals surface area contributed by atoms with E-state index in [9.17, 15) is 0 Å². The molecule has 0 aliphatic carbocycles. The standard InChI is InChI=1S/C11H21N/c1-7-10(3)12-8-9(2)11(4,5)6/h8H,7H2,1-6H3/b9-8+,12-10+. The number of hydrogen-bond acceptors (Lipinski definition) is 1. The van der Waals surface area contributed by atoms with Crippen LogP contribution in [0.4, 0.5) is 0 Å². The molecule has 0 radical (unpaired) electrons. The fourth-order valence-electron chi connectivity index (χ4n) is 0.492. The molecule has 0 spiro atoms. The van der Waals surface area contributed by atoms with Crippen LogP contribution in [-0.4, -0.2) is 5.71 Å². The van der Waals surface area contributed by atoms with Crippen LogP contribution in [-0.2, 0) is 0 Å². The molecule has 0 rings (SSSR count). The third-order valence-corrected chi connectivity index (χ3v) is 2.17. The van der Waals surface area contributed by atoms with Crippen molar-refractivity contribution in [1.29, 1.82) is 0 Å². The molecule has 1 heteroatoms. The van der Waals surface area contributed by atoms with Crippen LogP contribution < -0.4 is 0 Å². The zero-order valence-electron chi connectivity index (χ0n) is 9.23. The Balaban J connectivity index is 4.39. The summed E-state index contributed by atoms with van der Waals surface area (Å²) < 4.78 is 0. The highest BCUT2D eigenvalue weighted by molar-refractivity contribution is 5.82. The van der Waals surface area contributed by atoms with Crippen molar-refractivity contribution in [2.75, 3.05) is 0 Å². The van der Waals surface area contributed by atoms with E-state index in [1.807, 2.05) is 6.20 Å². The molecule has 12 heavy (non-hydrogen) atoms. The van der Waals surface area contributed by atoms with E-state index in [-0.39, 0.29) is 5.41 Å². The summed E-state index contributed by atoms with van der Waals surface area (Å²) in [5.74, 6) is 0. The summed E-state index contributed by atoms with van der Waals surface area (Å²) in [4.78, 5) is 4.36. The maximum absolute atomic E-state index is 4.36. The zero-order valence-corrected chi connectivity index (χ0v) is 9.23. The molecular weight excluding hydrogens is 146 g/mol. The Kier molecular flexibility index (Phi) is 4.22. The Morgan fingerprint density at radius 3 is 2.08 bits per heavy atom. The second kappa shape index (κ2) is 4.44. The molecule has 0 bridgehead atoms. The van der Waals surface area contributed by atoms with Crippen LogP contribution in [0.25, 0.3) is 0 Å². The minimum absolute atomic E-state index is 0.248. The number of nitrogens with zero attached hydrogens (tertiary/aromatic N) is 1. The van der Waals surface area contributed by atoms with Crippen molar-refractivity contribution in [3.05, 3.63) is 11.8 Å². The van der Waals surface area contributed by atoms with Crippen LogP contribution in [0, 0.1) is 5.41 Å². The number of aliphatic imine (C=N–C) groups is 1. The van der Waals surface area contributed by atoms with Gasteiger partial charge in [0.05, 0.1) is 0 Å². The molecule has 0 aliphatic heterocycles. The van der Waals surface area contributed by atoms with Crippen LogP contribution in [0.1, 0.15) is 48.0 Å². The molecular formula is C11H21N. The quantitative estimate of drug-likeness (QED) is 0.555. The SMILES string of the molecule is CC/C(C)=N/C=C(\C)C(C)(C)C. The van der Waals surface area contributed by atoms with Crippen molar-refractivity contribution in [2.45, 2.75) is 48.0 Å². The Morgan fingerprint density at radius 1 is 1.25 bits per heavy atom. The third kappa shape index (κ3) is 4.32. The average Bonchev–Trinajstić information content (AvgIpc) is 1.97. The molecule has 0 aromatic heterocycles. The van der Waals surface area contributed by atoms with E-state index in [4.69, 9.17) is 0 Å². The molecule has 0 N–H and O–H groups in total. The van der Waals surface area contributed by atoms with Crippen molar-refractivity contribution in [3.63, 3.8) is 0 Å². The van der Waals surface area contributed by atoms with Crippen molar-refractivity contribution in [3.8, 4) is 0 Å². The number of allylic oxidation sites excluding steroid dienone is 1. The summed E-state index contributed by atoms with van der Waals surface area (Å²) in [5.41, 5.74) is 2.77. The maximum Gasteiger partial charge on any atom is 0.0261 e. The Morgan fingerprint density at radius 2 is 1.75 bits per heavy atom. The minimum atomic E-state index is 0.248. The summed E-state index contributed by atoms with van der Waals surface area (Å²) in [6.45, 7) is 12.9. The van der Waals surface area contributed by atoms with Gasteiger partial charge in [-0.25, -0.2) is 0 Å². The lowest BCUT2D eigenvalue weighted by Gasteiger charge is -2.18. The van der Waals surface area contributed by atoms with Crippen molar-refractivity contribution >= 4 is 5.71 Å². The van der Waals surface area contributed by atoms with Crippen LogP contribution in [0.15, 0.2) is 16.8 Å². The Bertz CT molecular complexity index is 192. The summed E-state index contributed by atoms with van der Waals surface area (Å²) >= 11 is 0. The van der Waals surface area contributed by atoms with Gasteiger partial charge in [0.2, 0.25) is 0 Å². The van der Waals surface area contributed by atoms with Crippen molar-refractivity contribution in [1.82, 2.24) is 0 Å². The predicted molar refractivity (Wildman–Crippen MR) is 56.6 cm³/mol. The molecule has 0 saturated heterocycles. The van der Waals surface area contributed by atoms with Gasteiger partial charge in [0.15, 0.2) is 0 Å².